The van der Waals surface area contributed by atoms with E-state index in [4.69, 9.17) is 0 Å². The fraction of sp³-hybridized carbons (Fsp3) is 1.00. The number of hydrogen-bond donors (Lipinski definition) is 2. The van der Waals surface area contributed by atoms with Gasteiger partial charge in [0.05, 0.1) is 0 Å². The van der Waals surface area contributed by atoms with E-state index < -0.39 is 0 Å². The smallest absolute Gasteiger partial charge is 0.0252 e. The van der Waals surface area contributed by atoms with Gasteiger partial charge in [-0.1, -0.05) is 83.1 Å². The van der Waals surface area contributed by atoms with Crippen LogP contribution >= 0.6 is 0 Å². The van der Waals surface area contributed by atoms with Gasteiger partial charge in [0.25, 0.3) is 0 Å². The summed E-state index contributed by atoms with van der Waals surface area (Å²) < 4.78 is 0. The van der Waals surface area contributed by atoms with Crippen molar-refractivity contribution in [3.05, 3.63) is 0 Å². The number of piperidine rings is 2. The van der Waals surface area contributed by atoms with Crippen LogP contribution in [0, 0.1) is 128 Å². The van der Waals surface area contributed by atoms with Crippen molar-refractivity contribution >= 4 is 0 Å². The van der Waals surface area contributed by atoms with Gasteiger partial charge in [0.2, 0.25) is 0 Å². The molecule has 9 fully saturated rings. The van der Waals surface area contributed by atoms with E-state index in [9.17, 15) is 0 Å². The van der Waals surface area contributed by atoms with E-state index in [1.165, 1.54) is 129 Å². The highest BCUT2D eigenvalue weighted by molar-refractivity contribution is 5.05. The van der Waals surface area contributed by atoms with Gasteiger partial charge in [0.15, 0.2) is 0 Å². The van der Waals surface area contributed by atoms with Crippen LogP contribution in [-0.4, -0.2) is 25.2 Å². The van der Waals surface area contributed by atoms with Crippen LogP contribution in [0.4, 0.5) is 0 Å². The molecule has 66 heavy (non-hydrogen) atoms. The highest BCUT2D eigenvalue weighted by atomic mass is 15.1. The minimum Gasteiger partial charge on any atom is -0.312 e. The van der Waals surface area contributed by atoms with Gasteiger partial charge in [-0.25, -0.2) is 0 Å². The molecule has 2 heteroatoms. The third-order valence-corrected chi connectivity index (χ3v) is 24.4. The van der Waals surface area contributed by atoms with Gasteiger partial charge in [-0.05, 0) is 308 Å². The summed E-state index contributed by atoms with van der Waals surface area (Å²) in [5.74, 6) is 17.5. The quantitative estimate of drug-likeness (QED) is 0.277. The Kier molecular flexibility index (Phi) is 15.7. The summed E-state index contributed by atoms with van der Waals surface area (Å²) in [5.41, 5.74) is 1.96. The van der Waals surface area contributed by atoms with E-state index in [0.717, 1.165) is 119 Å². The number of nitrogens with one attached hydrogen (secondary N) is 2. The second-order valence-corrected chi connectivity index (χ2v) is 31.8. The Bertz CT molecular complexity index is 1300. The summed E-state index contributed by atoms with van der Waals surface area (Å²) in [4.78, 5) is 0. The number of hydrogen-bond acceptors (Lipinski definition) is 2. The van der Waals surface area contributed by atoms with Crippen molar-refractivity contribution in [2.45, 2.75) is 262 Å². The summed E-state index contributed by atoms with van der Waals surface area (Å²) in [6.45, 7) is 32.9. The van der Waals surface area contributed by atoms with Gasteiger partial charge in [0.1, 0.15) is 0 Å². The van der Waals surface area contributed by atoms with Crippen LogP contribution in [0.3, 0.4) is 0 Å². The minimum atomic E-state index is 0.490. The first-order chi connectivity index (χ1) is 31.2. The highest BCUT2D eigenvalue weighted by Gasteiger charge is 2.50. The molecule has 7 aliphatic carbocycles. The zero-order chi connectivity index (χ0) is 46.8. The lowest BCUT2D eigenvalue weighted by atomic mass is 9.56. The van der Waals surface area contributed by atoms with Crippen LogP contribution in [0.5, 0.6) is 0 Å². The van der Waals surface area contributed by atoms with E-state index in [0.29, 0.717) is 21.7 Å². The molecule has 2 aliphatic heterocycles. The molecule has 2 nitrogen and oxygen atoms in total. The molecule has 0 aromatic heterocycles. The molecule has 7 saturated carbocycles. The van der Waals surface area contributed by atoms with Crippen LogP contribution in [-0.2, 0) is 0 Å². The van der Waals surface area contributed by atoms with E-state index in [1.807, 2.05) is 0 Å². The Hall–Kier alpha value is -0.0800. The topological polar surface area (TPSA) is 24.1 Å². The first kappa shape index (κ1) is 50.8. The van der Waals surface area contributed by atoms with Crippen LogP contribution < -0.4 is 10.6 Å². The average molecular weight is 912 g/mol. The second kappa shape index (κ2) is 20.4. The molecule has 0 bridgehead atoms. The van der Waals surface area contributed by atoms with Gasteiger partial charge >= 0.3 is 0 Å². The molecular weight excluding hydrogens is 797 g/mol. The molecule has 0 aromatic rings. The summed E-state index contributed by atoms with van der Waals surface area (Å²) in [6.07, 6.45) is 39.9. The van der Waals surface area contributed by atoms with Gasteiger partial charge in [-0.3, -0.25) is 0 Å². The molecule has 0 aromatic carbocycles. The molecule has 2 saturated heterocycles. The van der Waals surface area contributed by atoms with Crippen LogP contribution in [0.2, 0.25) is 0 Å². The van der Waals surface area contributed by atoms with Crippen LogP contribution in [0.15, 0.2) is 0 Å². The van der Waals surface area contributed by atoms with Crippen LogP contribution in [0.25, 0.3) is 0 Å². The normalized spacial score (nSPS) is 47.1. The molecule has 0 amide bonds. The Morgan fingerprint density at radius 1 is 0.212 bits per heavy atom. The Morgan fingerprint density at radius 3 is 0.606 bits per heavy atom. The molecular formula is C64H114N2. The summed E-state index contributed by atoms with van der Waals surface area (Å²) in [5, 5.41) is 8.92. The first-order valence-electron chi connectivity index (χ1n) is 30.6. The molecule has 9 rings (SSSR count). The van der Waals surface area contributed by atoms with Crippen molar-refractivity contribution in [1.82, 2.24) is 10.6 Å². The van der Waals surface area contributed by atoms with Gasteiger partial charge < -0.3 is 10.6 Å². The van der Waals surface area contributed by atoms with E-state index in [1.54, 1.807) is 51.4 Å². The summed E-state index contributed by atoms with van der Waals surface area (Å²) >= 11 is 0. The maximum Gasteiger partial charge on any atom is 0.0252 e. The molecule has 380 valence electrons. The largest absolute Gasteiger partial charge is 0.312 e. The molecule has 2 heterocycles. The Morgan fingerprint density at radius 2 is 0.394 bits per heavy atom. The lowest BCUT2D eigenvalue weighted by molar-refractivity contribution is -0.0107. The average Bonchev–Trinajstić information content (AvgIpc) is 3.30. The van der Waals surface area contributed by atoms with Crippen molar-refractivity contribution < 1.29 is 0 Å². The Labute approximate surface area is 412 Å². The predicted octanol–water partition coefficient (Wildman–Crippen LogP) is 17.4. The lowest BCUT2D eigenvalue weighted by Crippen LogP contribution is -2.64. The third kappa shape index (κ3) is 11.7. The molecule has 0 radical (unpaired) electrons. The standard InChI is InChI=1S/C64H114N2/c1-61(2,3)55-23-15-41(16-24-55)47-33-48(42-17-25-56(26-18-42)62(4,5)6)36-51(35-47)53-31-45-13-14-46-32-54(40-66-60(46)59(45)65-39-53)52-37-49(43-19-27-57(28-20-43)63(7,8)9)34-50(38-52)44-21-29-58(30-22-44)64(10,11)12/h41-60,65-66H,13-40H2,1-12H3. The number of rotatable bonds is 6. The van der Waals surface area contributed by atoms with Crippen LogP contribution in [0.1, 0.15) is 250 Å². The first-order valence-corrected chi connectivity index (χ1v) is 30.6. The molecule has 0 spiro atoms. The zero-order valence-corrected chi connectivity index (χ0v) is 46.3. The SMILES string of the molecule is CC(C)(C)C1CCC(C2CC(C3CCC(C(C)(C)C)CC3)CC(C3CNC4C(CCC5CC(C6CC(C7CCC(C(C)(C)C)CC7)CC(C7CCC(C(C)(C)C)CC7)C6)CNC54)C3)C2)CC1. The van der Waals surface area contributed by atoms with Crippen molar-refractivity contribution in [3.63, 3.8) is 0 Å². The van der Waals surface area contributed by atoms with E-state index >= 15 is 0 Å². The fourth-order valence-electron chi connectivity index (χ4n) is 19.8. The third-order valence-electron chi connectivity index (χ3n) is 24.4. The maximum atomic E-state index is 4.46. The van der Waals surface area contributed by atoms with E-state index in [-0.39, 0.29) is 0 Å². The van der Waals surface area contributed by atoms with Crippen molar-refractivity contribution in [1.29, 1.82) is 0 Å². The summed E-state index contributed by atoms with van der Waals surface area (Å²) in [7, 11) is 0. The molecule has 9 aliphatic rings. The summed E-state index contributed by atoms with van der Waals surface area (Å²) in [6, 6.07) is 1.47. The Balaban J connectivity index is 0.829. The molecule has 10 atom stereocenters. The van der Waals surface area contributed by atoms with E-state index in [2.05, 4.69) is 93.7 Å². The minimum absolute atomic E-state index is 0.490. The van der Waals surface area contributed by atoms with Crippen molar-refractivity contribution in [2.75, 3.05) is 13.1 Å². The lowest BCUT2D eigenvalue weighted by Gasteiger charge is -2.55. The van der Waals surface area contributed by atoms with Crippen molar-refractivity contribution in [3.8, 4) is 0 Å². The highest BCUT2D eigenvalue weighted by Crippen LogP contribution is 2.56. The molecule has 2 N–H and O–H groups in total. The van der Waals surface area contributed by atoms with Gasteiger partial charge in [-0.2, -0.15) is 0 Å². The predicted molar refractivity (Wildman–Crippen MR) is 284 cm³/mol. The van der Waals surface area contributed by atoms with Gasteiger partial charge in [-0.15, -0.1) is 0 Å². The van der Waals surface area contributed by atoms with Gasteiger partial charge in [0, 0.05) is 12.1 Å². The van der Waals surface area contributed by atoms with Crippen molar-refractivity contribution in [2.24, 2.45) is 128 Å². The fourth-order valence-corrected chi connectivity index (χ4v) is 19.8. The maximum absolute atomic E-state index is 4.46. The zero-order valence-electron chi connectivity index (χ0n) is 46.3. The second-order valence-electron chi connectivity index (χ2n) is 31.8. The monoisotopic (exact) mass is 911 g/mol. The molecule has 10 unspecified atom stereocenters. The number of fused-ring (bicyclic) bond motifs is 3.